The predicted molar refractivity (Wildman–Crippen MR) is 93.4 cm³/mol. The van der Waals surface area contributed by atoms with Gasteiger partial charge < -0.3 is 9.90 Å². The summed E-state index contributed by atoms with van der Waals surface area (Å²) in [5, 5.41) is 13.1. The van der Waals surface area contributed by atoms with Crippen molar-refractivity contribution in [1.82, 2.24) is 5.32 Å². The summed E-state index contributed by atoms with van der Waals surface area (Å²) in [4.78, 5) is 36.7. The Balaban J connectivity index is 1.96. The number of nitrogens with zero attached hydrogens (tertiary/aromatic N) is 1. The third kappa shape index (κ3) is 3.35. The Morgan fingerprint density at radius 2 is 1.69 bits per heavy atom. The minimum absolute atomic E-state index is 0.0271. The Bertz CT molecular complexity index is 952. The van der Waals surface area contributed by atoms with Gasteiger partial charge in [-0.1, -0.05) is 24.3 Å². The summed E-state index contributed by atoms with van der Waals surface area (Å²) in [6.45, 7) is 0. The average molecular weight is 369 g/mol. The zero-order valence-electron chi connectivity index (χ0n) is 13.1. The lowest BCUT2D eigenvalue weighted by Gasteiger charge is -2.28. The first-order valence-corrected chi connectivity index (χ1v) is 7.76. The summed E-state index contributed by atoms with van der Waals surface area (Å²) in [6.07, 6.45) is 1.31. The van der Waals surface area contributed by atoms with Gasteiger partial charge in [0.05, 0.1) is 11.7 Å². The standard InChI is InChI=1S/C18H11FN2O4S/c19-12-5-7-13(8-6-12)21-16(23)14(15(22)20-18(21)26)9-10-1-3-11(4-2-10)17(24)25/h1-9H,(H,24,25)(H,20,22,26)/p-1/b14-9+. The van der Waals surface area contributed by atoms with Gasteiger partial charge in [-0.3, -0.25) is 19.8 Å². The second-order valence-electron chi connectivity index (χ2n) is 5.34. The Morgan fingerprint density at radius 1 is 1.08 bits per heavy atom. The molecule has 1 aliphatic rings. The molecule has 6 nitrogen and oxygen atoms in total. The molecule has 0 bridgehead atoms. The van der Waals surface area contributed by atoms with E-state index in [0.29, 0.717) is 11.3 Å². The number of hydrogen-bond donors (Lipinski definition) is 1. The second-order valence-corrected chi connectivity index (χ2v) is 5.73. The van der Waals surface area contributed by atoms with Crippen molar-refractivity contribution < 1.29 is 23.9 Å². The van der Waals surface area contributed by atoms with Crippen molar-refractivity contribution in [3.8, 4) is 0 Å². The molecule has 0 spiro atoms. The van der Waals surface area contributed by atoms with Crippen LogP contribution in [0, 0.1) is 5.82 Å². The number of rotatable bonds is 3. The van der Waals surface area contributed by atoms with Gasteiger partial charge >= 0.3 is 0 Å². The number of carboxylic acids is 1. The maximum Gasteiger partial charge on any atom is 0.270 e. The predicted octanol–water partition coefficient (Wildman–Crippen LogP) is 1.02. The molecule has 1 saturated heterocycles. The van der Waals surface area contributed by atoms with Gasteiger partial charge in [0.2, 0.25) is 0 Å². The maximum atomic E-state index is 13.1. The number of halogens is 1. The molecule has 130 valence electrons. The Kier molecular flexibility index (Phi) is 4.59. The molecule has 1 fully saturated rings. The molecule has 3 rings (SSSR count). The molecular formula is C18H10FN2O4S-. The molecule has 0 aromatic heterocycles. The SMILES string of the molecule is O=C1NC(=S)N(c2ccc(F)cc2)C(=O)/C1=C/c1ccc(C(=O)[O-])cc1. The van der Waals surface area contributed by atoms with Gasteiger partial charge in [-0.05, 0) is 53.7 Å². The quantitative estimate of drug-likeness (QED) is 0.496. The van der Waals surface area contributed by atoms with Crippen LogP contribution in [0.3, 0.4) is 0 Å². The first-order chi connectivity index (χ1) is 12.4. The number of amides is 2. The molecule has 1 aliphatic heterocycles. The van der Waals surface area contributed by atoms with E-state index in [1.807, 2.05) is 0 Å². The molecular weight excluding hydrogens is 359 g/mol. The minimum atomic E-state index is -1.33. The molecule has 0 aliphatic carbocycles. The summed E-state index contributed by atoms with van der Waals surface area (Å²) in [5.41, 5.74) is 0.532. The van der Waals surface area contributed by atoms with Crippen molar-refractivity contribution >= 4 is 46.9 Å². The minimum Gasteiger partial charge on any atom is -0.545 e. The van der Waals surface area contributed by atoms with Gasteiger partial charge in [-0.15, -0.1) is 0 Å². The molecule has 2 amide bonds. The highest BCUT2D eigenvalue weighted by Gasteiger charge is 2.34. The molecule has 0 radical (unpaired) electrons. The van der Waals surface area contributed by atoms with Gasteiger partial charge in [0.1, 0.15) is 11.4 Å². The number of benzene rings is 2. The van der Waals surface area contributed by atoms with Crippen molar-refractivity contribution in [3.05, 3.63) is 71.0 Å². The summed E-state index contributed by atoms with van der Waals surface area (Å²) >= 11 is 5.04. The summed E-state index contributed by atoms with van der Waals surface area (Å²) in [5.74, 6) is -3.16. The number of hydrogen-bond acceptors (Lipinski definition) is 5. The van der Waals surface area contributed by atoms with Crippen molar-refractivity contribution in [3.63, 3.8) is 0 Å². The molecule has 26 heavy (non-hydrogen) atoms. The second kappa shape index (κ2) is 6.85. The molecule has 0 saturated carbocycles. The molecule has 0 unspecified atom stereocenters. The topological polar surface area (TPSA) is 89.5 Å². The molecule has 1 N–H and O–H groups in total. The Labute approximate surface area is 152 Å². The number of anilines is 1. The van der Waals surface area contributed by atoms with Crippen LogP contribution in [-0.2, 0) is 9.59 Å². The fourth-order valence-corrected chi connectivity index (χ4v) is 2.65. The van der Waals surface area contributed by atoms with E-state index in [0.717, 1.165) is 4.90 Å². The van der Waals surface area contributed by atoms with E-state index >= 15 is 0 Å². The summed E-state index contributed by atoms with van der Waals surface area (Å²) in [7, 11) is 0. The van der Waals surface area contributed by atoms with E-state index in [2.05, 4.69) is 5.32 Å². The number of nitrogens with one attached hydrogen (secondary N) is 1. The van der Waals surface area contributed by atoms with Crippen LogP contribution in [0.15, 0.2) is 54.1 Å². The zero-order chi connectivity index (χ0) is 18.8. The Hall–Kier alpha value is -3.39. The van der Waals surface area contributed by atoms with Crippen molar-refractivity contribution in [1.29, 1.82) is 0 Å². The van der Waals surface area contributed by atoms with Crippen LogP contribution in [0.25, 0.3) is 6.08 Å². The fraction of sp³-hybridized carbons (Fsp3) is 0. The van der Waals surface area contributed by atoms with Gasteiger partial charge in [0.15, 0.2) is 5.11 Å². The zero-order valence-corrected chi connectivity index (χ0v) is 13.9. The van der Waals surface area contributed by atoms with Crippen LogP contribution in [-0.4, -0.2) is 22.9 Å². The largest absolute Gasteiger partial charge is 0.545 e. The van der Waals surface area contributed by atoms with Crippen molar-refractivity contribution in [2.75, 3.05) is 4.90 Å². The highest BCUT2D eigenvalue weighted by atomic mass is 32.1. The molecule has 1 heterocycles. The highest BCUT2D eigenvalue weighted by Crippen LogP contribution is 2.22. The van der Waals surface area contributed by atoms with E-state index in [1.165, 1.54) is 54.6 Å². The Morgan fingerprint density at radius 3 is 2.27 bits per heavy atom. The number of carbonyl (C=O) groups is 3. The smallest absolute Gasteiger partial charge is 0.270 e. The van der Waals surface area contributed by atoms with E-state index in [4.69, 9.17) is 12.2 Å². The van der Waals surface area contributed by atoms with Crippen molar-refractivity contribution in [2.24, 2.45) is 0 Å². The van der Waals surface area contributed by atoms with Crippen LogP contribution >= 0.6 is 12.2 Å². The van der Waals surface area contributed by atoms with E-state index in [1.54, 1.807) is 0 Å². The van der Waals surface area contributed by atoms with Crippen LogP contribution in [0.2, 0.25) is 0 Å². The van der Waals surface area contributed by atoms with Gasteiger partial charge in [-0.25, -0.2) is 4.39 Å². The summed E-state index contributed by atoms with van der Waals surface area (Å²) < 4.78 is 13.1. The molecule has 0 atom stereocenters. The highest BCUT2D eigenvalue weighted by molar-refractivity contribution is 7.80. The number of carboxylic acid groups (broad SMARTS) is 1. The number of aromatic carboxylic acids is 1. The lowest BCUT2D eigenvalue weighted by molar-refractivity contribution is -0.255. The average Bonchev–Trinajstić information content (AvgIpc) is 2.60. The van der Waals surface area contributed by atoms with Crippen LogP contribution in [0.4, 0.5) is 10.1 Å². The van der Waals surface area contributed by atoms with Gasteiger partial charge in [-0.2, -0.15) is 0 Å². The monoisotopic (exact) mass is 369 g/mol. The van der Waals surface area contributed by atoms with Crippen LogP contribution in [0.1, 0.15) is 15.9 Å². The van der Waals surface area contributed by atoms with E-state index in [9.17, 15) is 23.9 Å². The number of thiocarbonyl (C=S) groups is 1. The molecule has 8 heteroatoms. The summed E-state index contributed by atoms with van der Waals surface area (Å²) in [6, 6.07) is 10.5. The van der Waals surface area contributed by atoms with Crippen LogP contribution in [0.5, 0.6) is 0 Å². The fourth-order valence-electron chi connectivity index (χ4n) is 2.36. The molecule has 2 aromatic rings. The van der Waals surface area contributed by atoms with Crippen molar-refractivity contribution in [2.45, 2.75) is 0 Å². The molecule has 2 aromatic carbocycles. The van der Waals surface area contributed by atoms with E-state index in [-0.39, 0.29) is 16.2 Å². The van der Waals surface area contributed by atoms with Gasteiger partial charge in [0, 0.05) is 0 Å². The third-order valence-corrected chi connectivity index (χ3v) is 3.93. The number of carbonyl (C=O) groups excluding carboxylic acids is 3. The normalized spacial score (nSPS) is 16.0. The van der Waals surface area contributed by atoms with E-state index < -0.39 is 23.6 Å². The van der Waals surface area contributed by atoms with Crippen LogP contribution < -0.4 is 15.3 Å². The third-order valence-electron chi connectivity index (χ3n) is 3.64. The first-order valence-electron chi connectivity index (χ1n) is 7.35. The first kappa shape index (κ1) is 17.4. The lowest BCUT2D eigenvalue weighted by atomic mass is 10.1. The lowest BCUT2D eigenvalue weighted by Crippen LogP contribution is -2.54. The van der Waals surface area contributed by atoms with Gasteiger partial charge in [0.25, 0.3) is 11.8 Å². The maximum absolute atomic E-state index is 13.1.